The van der Waals surface area contributed by atoms with E-state index in [1.165, 1.54) is 10.3 Å². The van der Waals surface area contributed by atoms with E-state index >= 15 is 0 Å². The zero-order valence-electron chi connectivity index (χ0n) is 9.15. The van der Waals surface area contributed by atoms with Crippen molar-refractivity contribution in [3.63, 3.8) is 0 Å². The van der Waals surface area contributed by atoms with Crippen LogP contribution in [-0.2, 0) is 6.54 Å². The molecule has 2 aromatic rings. The third kappa shape index (κ3) is 2.09. The van der Waals surface area contributed by atoms with E-state index in [1.807, 2.05) is 5.51 Å². The number of fused-ring (bicyclic) bond motifs is 1. The van der Waals surface area contributed by atoms with Crippen molar-refractivity contribution in [2.75, 3.05) is 26.2 Å². The van der Waals surface area contributed by atoms with Gasteiger partial charge in [-0.1, -0.05) is 6.07 Å². The fourth-order valence-electron chi connectivity index (χ4n) is 2.13. The summed E-state index contributed by atoms with van der Waals surface area (Å²) in [6.45, 7) is 5.60. The molecule has 0 atom stereocenters. The second kappa shape index (κ2) is 4.49. The first-order valence-corrected chi connectivity index (χ1v) is 6.55. The molecule has 1 saturated heterocycles. The van der Waals surface area contributed by atoms with Gasteiger partial charge in [-0.2, -0.15) is 0 Å². The lowest BCUT2D eigenvalue weighted by Crippen LogP contribution is -2.42. The summed E-state index contributed by atoms with van der Waals surface area (Å²) in [5, 5.41) is 3.38. The molecule has 0 radical (unpaired) electrons. The lowest BCUT2D eigenvalue weighted by atomic mass is 10.2. The number of thiazole rings is 1. The van der Waals surface area contributed by atoms with Gasteiger partial charge in [0.05, 0.1) is 15.7 Å². The molecule has 1 aliphatic rings. The van der Waals surface area contributed by atoms with Crippen molar-refractivity contribution in [2.24, 2.45) is 0 Å². The van der Waals surface area contributed by atoms with Gasteiger partial charge in [-0.3, -0.25) is 4.90 Å². The lowest BCUT2D eigenvalue weighted by molar-refractivity contribution is 0.233. The van der Waals surface area contributed by atoms with Crippen LogP contribution >= 0.6 is 11.3 Å². The number of benzene rings is 1. The molecule has 1 aromatic carbocycles. The van der Waals surface area contributed by atoms with E-state index in [-0.39, 0.29) is 0 Å². The molecule has 1 aliphatic heterocycles. The number of rotatable bonds is 2. The Morgan fingerprint density at radius 1 is 1.31 bits per heavy atom. The Balaban J connectivity index is 1.77. The third-order valence-electron chi connectivity index (χ3n) is 3.01. The summed E-state index contributed by atoms with van der Waals surface area (Å²) in [6.07, 6.45) is 0. The quantitative estimate of drug-likeness (QED) is 0.856. The van der Waals surface area contributed by atoms with Crippen LogP contribution in [0, 0.1) is 0 Å². The molecule has 3 rings (SSSR count). The van der Waals surface area contributed by atoms with E-state index in [9.17, 15) is 0 Å². The minimum absolute atomic E-state index is 1.06. The zero-order chi connectivity index (χ0) is 10.8. The summed E-state index contributed by atoms with van der Waals surface area (Å²) in [5.41, 5.74) is 4.44. The average molecular weight is 233 g/mol. The second-order valence-corrected chi connectivity index (χ2v) is 5.07. The molecular formula is C12H15N3S. The summed E-state index contributed by atoms with van der Waals surface area (Å²) in [7, 11) is 0. The molecule has 0 aliphatic carbocycles. The predicted molar refractivity (Wildman–Crippen MR) is 67.8 cm³/mol. The summed E-state index contributed by atoms with van der Waals surface area (Å²) in [5.74, 6) is 0. The molecule has 4 heteroatoms. The number of nitrogens with one attached hydrogen (secondary N) is 1. The van der Waals surface area contributed by atoms with Gasteiger partial charge in [0, 0.05) is 32.7 Å². The smallest absolute Gasteiger partial charge is 0.0812 e. The van der Waals surface area contributed by atoms with Crippen molar-refractivity contribution < 1.29 is 0 Å². The molecular weight excluding hydrogens is 218 g/mol. The summed E-state index contributed by atoms with van der Waals surface area (Å²) in [6, 6.07) is 6.60. The van der Waals surface area contributed by atoms with Crippen LogP contribution in [0.5, 0.6) is 0 Å². The van der Waals surface area contributed by atoms with Crippen molar-refractivity contribution >= 4 is 21.6 Å². The normalized spacial score (nSPS) is 18.0. The van der Waals surface area contributed by atoms with Crippen LogP contribution in [0.25, 0.3) is 10.2 Å². The molecule has 0 spiro atoms. The summed E-state index contributed by atoms with van der Waals surface area (Å²) in [4.78, 5) is 6.80. The van der Waals surface area contributed by atoms with E-state index in [0.29, 0.717) is 0 Å². The minimum atomic E-state index is 1.06. The SMILES string of the molecule is c1nc2ccc(CN3CCNCC3)cc2s1. The highest BCUT2D eigenvalue weighted by Gasteiger charge is 2.10. The van der Waals surface area contributed by atoms with Crippen LogP contribution in [-0.4, -0.2) is 36.1 Å². The Morgan fingerprint density at radius 2 is 2.19 bits per heavy atom. The molecule has 1 aromatic heterocycles. The molecule has 1 fully saturated rings. The van der Waals surface area contributed by atoms with Crippen LogP contribution < -0.4 is 5.32 Å². The summed E-state index contributed by atoms with van der Waals surface area (Å²) >= 11 is 1.72. The minimum Gasteiger partial charge on any atom is -0.314 e. The first-order valence-electron chi connectivity index (χ1n) is 5.67. The van der Waals surface area contributed by atoms with E-state index in [4.69, 9.17) is 0 Å². The van der Waals surface area contributed by atoms with Crippen LogP contribution in [0.4, 0.5) is 0 Å². The van der Waals surface area contributed by atoms with Crippen molar-refractivity contribution in [3.05, 3.63) is 29.3 Å². The maximum Gasteiger partial charge on any atom is 0.0812 e. The van der Waals surface area contributed by atoms with Crippen LogP contribution in [0.1, 0.15) is 5.56 Å². The van der Waals surface area contributed by atoms with Gasteiger partial charge in [-0.15, -0.1) is 11.3 Å². The lowest BCUT2D eigenvalue weighted by Gasteiger charge is -2.27. The molecule has 1 N–H and O–H groups in total. The van der Waals surface area contributed by atoms with Gasteiger partial charge in [-0.05, 0) is 17.7 Å². The number of aromatic nitrogens is 1. The van der Waals surface area contributed by atoms with E-state index < -0.39 is 0 Å². The van der Waals surface area contributed by atoms with Gasteiger partial charge < -0.3 is 5.32 Å². The Labute approximate surface area is 99.1 Å². The Morgan fingerprint density at radius 3 is 3.06 bits per heavy atom. The highest BCUT2D eigenvalue weighted by molar-refractivity contribution is 7.16. The van der Waals surface area contributed by atoms with Gasteiger partial charge in [-0.25, -0.2) is 4.98 Å². The monoisotopic (exact) mass is 233 g/mol. The highest BCUT2D eigenvalue weighted by atomic mass is 32.1. The van der Waals surface area contributed by atoms with Crippen LogP contribution in [0.2, 0.25) is 0 Å². The Bertz CT molecular complexity index is 474. The van der Waals surface area contributed by atoms with E-state index in [0.717, 1.165) is 38.2 Å². The number of nitrogens with zero attached hydrogens (tertiary/aromatic N) is 2. The van der Waals surface area contributed by atoms with Gasteiger partial charge >= 0.3 is 0 Å². The third-order valence-corrected chi connectivity index (χ3v) is 3.80. The topological polar surface area (TPSA) is 28.2 Å². The number of hydrogen-bond donors (Lipinski definition) is 1. The average Bonchev–Trinajstić information content (AvgIpc) is 2.77. The fraction of sp³-hybridized carbons (Fsp3) is 0.417. The molecule has 2 heterocycles. The van der Waals surface area contributed by atoms with Gasteiger partial charge in [0.1, 0.15) is 0 Å². The van der Waals surface area contributed by atoms with Crippen molar-refractivity contribution in [3.8, 4) is 0 Å². The molecule has 0 unspecified atom stereocenters. The maximum atomic E-state index is 4.30. The first-order chi connectivity index (χ1) is 7.92. The van der Waals surface area contributed by atoms with Crippen molar-refractivity contribution in [1.29, 1.82) is 0 Å². The molecule has 0 saturated carbocycles. The first kappa shape index (κ1) is 10.2. The van der Waals surface area contributed by atoms with Gasteiger partial charge in [0.15, 0.2) is 0 Å². The molecule has 0 amide bonds. The van der Waals surface area contributed by atoms with Gasteiger partial charge in [0.25, 0.3) is 0 Å². The Kier molecular flexibility index (Phi) is 2.86. The predicted octanol–water partition coefficient (Wildman–Crippen LogP) is 1.70. The standard InChI is InChI=1S/C12H15N3S/c1-2-11-12(16-9-14-11)7-10(1)8-15-5-3-13-4-6-15/h1-2,7,9,13H,3-6,8H2. The van der Waals surface area contributed by atoms with Crippen LogP contribution in [0.3, 0.4) is 0 Å². The maximum absolute atomic E-state index is 4.30. The van der Waals surface area contributed by atoms with Crippen LogP contribution in [0.15, 0.2) is 23.7 Å². The molecule has 16 heavy (non-hydrogen) atoms. The Hall–Kier alpha value is -0.970. The molecule has 84 valence electrons. The number of piperazine rings is 1. The van der Waals surface area contributed by atoms with E-state index in [2.05, 4.69) is 33.4 Å². The molecule has 0 bridgehead atoms. The van der Waals surface area contributed by atoms with Crippen molar-refractivity contribution in [2.45, 2.75) is 6.54 Å². The second-order valence-electron chi connectivity index (χ2n) is 4.18. The molecule has 3 nitrogen and oxygen atoms in total. The summed E-state index contributed by atoms with van der Waals surface area (Å²) < 4.78 is 1.30. The van der Waals surface area contributed by atoms with Gasteiger partial charge in [0.2, 0.25) is 0 Å². The van der Waals surface area contributed by atoms with E-state index in [1.54, 1.807) is 11.3 Å². The van der Waals surface area contributed by atoms with Crippen molar-refractivity contribution in [1.82, 2.24) is 15.2 Å². The largest absolute Gasteiger partial charge is 0.314 e. The number of hydrogen-bond acceptors (Lipinski definition) is 4. The zero-order valence-corrected chi connectivity index (χ0v) is 9.96. The highest BCUT2D eigenvalue weighted by Crippen LogP contribution is 2.19. The fourth-order valence-corrected chi connectivity index (χ4v) is 2.87.